The van der Waals surface area contributed by atoms with E-state index in [1.165, 1.54) is 7.11 Å². The zero-order valence-corrected chi connectivity index (χ0v) is 16.4. The average Bonchev–Trinajstić information content (AvgIpc) is 3.21. The van der Waals surface area contributed by atoms with Crippen molar-refractivity contribution in [2.24, 2.45) is 0 Å². The molecule has 0 unspecified atom stereocenters. The molecule has 2 amide bonds. The Balaban J connectivity index is 1.62. The van der Waals surface area contributed by atoms with Crippen molar-refractivity contribution in [3.05, 3.63) is 83.4 Å². The number of carbonyl (C=O) groups excluding carboxylic acids is 2. The number of amides is 2. The fourth-order valence-corrected chi connectivity index (χ4v) is 3.84. The number of methoxy groups -OCH3 is 1. The predicted molar refractivity (Wildman–Crippen MR) is 113 cm³/mol. The van der Waals surface area contributed by atoms with Crippen molar-refractivity contribution in [2.75, 3.05) is 12.0 Å². The first-order valence-electron chi connectivity index (χ1n) is 9.46. The van der Waals surface area contributed by atoms with Gasteiger partial charge in [0.1, 0.15) is 5.75 Å². The van der Waals surface area contributed by atoms with Gasteiger partial charge in [-0.1, -0.05) is 35.9 Å². The summed E-state index contributed by atoms with van der Waals surface area (Å²) in [5, 5.41) is 11.4. The number of anilines is 1. The molecule has 0 spiro atoms. The topological polar surface area (TPSA) is 71.8 Å². The Labute approximate surface area is 172 Å². The Bertz CT molecular complexity index is 1340. The molecule has 1 N–H and O–H groups in total. The lowest BCUT2D eigenvalue weighted by molar-refractivity contribution is 0.0926. The van der Waals surface area contributed by atoms with Gasteiger partial charge in [0.25, 0.3) is 11.8 Å². The molecule has 1 aliphatic heterocycles. The molecule has 5 rings (SSSR count). The van der Waals surface area contributed by atoms with Crippen LogP contribution in [-0.4, -0.2) is 28.9 Å². The SMILES string of the molecule is COc1cccc(N2C(=O)c3cc4cc(-c5ccc(C)cc5)n(O)c4cc3C2=O)c1. The highest BCUT2D eigenvalue weighted by Crippen LogP contribution is 2.35. The van der Waals surface area contributed by atoms with Gasteiger partial charge in [0.15, 0.2) is 0 Å². The average molecular weight is 398 g/mol. The summed E-state index contributed by atoms with van der Waals surface area (Å²) in [7, 11) is 1.53. The maximum Gasteiger partial charge on any atom is 0.266 e. The van der Waals surface area contributed by atoms with Gasteiger partial charge >= 0.3 is 0 Å². The van der Waals surface area contributed by atoms with Crippen LogP contribution in [0.3, 0.4) is 0 Å². The maximum absolute atomic E-state index is 13.0. The lowest BCUT2D eigenvalue weighted by Gasteiger charge is -2.14. The molecule has 0 bridgehead atoms. The van der Waals surface area contributed by atoms with E-state index in [1.807, 2.05) is 37.3 Å². The molecule has 0 radical (unpaired) electrons. The van der Waals surface area contributed by atoms with Crippen LogP contribution < -0.4 is 9.64 Å². The number of fused-ring (bicyclic) bond motifs is 2. The summed E-state index contributed by atoms with van der Waals surface area (Å²) in [6.45, 7) is 1.99. The van der Waals surface area contributed by atoms with Crippen molar-refractivity contribution in [1.82, 2.24) is 4.73 Å². The lowest BCUT2D eigenvalue weighted by atomic mass is 10.1. The molecular formula is C24H18N2O4. The fraction of sp³-hybridized carbons (Fsp3) is 0.0833. The number of aryl methyl sites for hydroxylation is 1. The normalized spacial score (nSPS) is 13.2. The Morgan fingerprint density at radius 1 is 0.867 bits per heavy atom. The van der Waals surface area contributed by atoms with Gasteiger partial charge in [0, 0.05) is 17.0 Å². The van der Waals surface area contributed by atoms with E-state index >= 15 is 0 Å². The molecule has 0 saturated carbocycles. The van der Waals surface area contributed by atoms with Gasteiger partial charge < -0.3 is 9.94 Å². The summed E-state index contributed by atoms with van der Waals surface area (Å²) in [6, 6.07) is 19.6. The Morgan fingerprint density at radius 2 is 1.57 bits per heavy atom. The van der Waals surface area contributed by atoms with Crippen LogP contribution in [0.25, 0.3) is 22.2 Å². The minimum Gasteiger partial charge on any atom is -0.497 e. The van der Waals surface area contributed by atoms with Gasteiger partial charge in [-0.2, -0.15) is 4.73 Å². The monoisotopic (exact) mass is 398 g/mol. The van der Waals surface area contributed by atoms with Crippen LogP contribution in [-0.2, 0) is 0 Å². The molecule has 0 aliphatic carbocycles. The molecule has 6 heteroatoms. The molecular weight excluding hydrogens is 380 g/mol. The van der Waals surface area contributed by atoms with Crippen LogP contribution in [0.4, 0.5) is 5.69 Å². The number of carbonyl (C=O) groups is 2. The summed E-state index contributed by atoms with van der Waals surface area (Å²) < 4.78 is 6.27. The van der Waals surface area contributed by atoms with E-state index in [-0.39, 0.29) is 5.56 Å². The van der Waals surface area contributed by atoms with Gasteiger partial charge in [0.2, 0.25) is 0 Å². The van der Waals surface area contributed by atoms with Crippen LogP contribution in [0.5, 0.6) is 5.75 Å². The number of hydrogen-bond donors (Lipinski definition) is 1. The van der Waals surface area contributed by atoms with E-state index in [1.54, 1.807) is 36.4 Å². The molecule has 0 atom stereocenters. The summed E-state index contributed by atoms with van der Waals surface area (Å²) in [5.74, 6) is -0.269. The predicted octanol–water partition coefficient (Wildman–Crippen LogP) is 4.66. The quantitative estimate of drug-likeness (QED) is 0.402. The second-order valence-corrected chi connectivity index (χ2v) is 7.31. The van der Waals surface area contributed by atoms with Crippen LogP contribution in [0.15, 0.2) is 66.7 Å². The first-order chi connectivity index (χ1) is 14.5. The number of nitrogens with zero attached hydrogens (tertiary/aromatic N) is 2. The Morgan fingerprint density at radius 3 is 2.27 bits per heavy atom. The van der Waals surface area contributed by atoms with E-state index < -0.39 is 11.8 Å². The standard InChI is InChI=1S/C24H18N2O4/c1-14-6-8-15(9-7-14)21-11-16-10-19-20(13-22(16)26(21)29)24(28)25(23(19)27)17-4-3-5-18(12-17)30-2/h3-13,29H,1-2H3. The van der Waals surface area contributed by atoms with Gasteiger partial charge in [-0.05, 0) is 37.3 Å². The smallest absolute Gasteiger partial charge is 0.266 e. The van der Waals surface area contributed by atoms with E-state index in [9.17, 15) is 14.8 Å². The Kier molecular flexibility index (Phi) is 3.89. The van der Waals surface area contributed by atoms with Crippen molar-refractivity contribution >= 4 is 28.4 Å². The molecule has 2 heterocycles. The number of aromatic nitrogens is 1. The molecule has 30 heavy (non-hydrogen) atoms. The molecule has 4 aromatic rings. The third kappa shape index (κ3) is 2.58. The molecule has 1 aromatic heterocycles. The third-order valence-electron chi connectivity index (χ3n) is 5.44. The molecule has 148 valence electrons. The van der Waals surface area contributed by atoms with Crippen LogP contribution in [0, 0.1) is 6.92 Å². The zero-order chi connectivity index (χ0) is 21.0. The second kappa shape index (κ2) is 6.49. The number of hydrogen-bond acceptors (Lipinski definition) is 4. The van der Waals surface area contributed by atoms with E-state index in [0.29, 0.717) is 33.6 Å². The fourth-order valence-electron chi connectivity index (χ4n) is 3.84. The highest BCUT2D eigenvalue weighted by Gasteiger charge is 2.37. The summed E-state index contributed by atoms with van der Waals surface area (Å²) in [4.78, 5) is 27.2. The van der Waals surface area contributed by atoms with Gasteiger partial charge in [-0.15, -0.1) is 0 Å². The van der Waals surface area contributed by atoms with Crippen molar-refractivity contribution in [2.45, 2.75) is 6.92 Å². The van der Waals surface area contributed by atoms with Crippen LogP contribution >= 0.6 is 0 Å². The van der Waals surface area contributed by atoms with Gasteiger partial charge in [-0.25, -0.2) is 4.90 Å². The summed E-state index contributed by atoms with van der Waals surface area (Å²) >= 11 is 0. The van der Waals surface area contributed by atoms with E-state index in [2.05, 4.69) is 0 Å². The van der Waals surface area contributed by atoms with Crippen LogP contribution in [0.2, 0.25) is 0 Å². The zero-order valence-electron chi connectivity index (χ0n) is 16.4. The van der Waals surface area contributed by atoms with Crippen molar-refractivity contribution in [3.63, 3.8) is 0 Å². The number of imide groups is 1. The van der Waals surface area contributed by atoms with Crippen molar-refractivity contribution in [3.8, 4) is 17.0 Å². The van der Waals surface area contributed by atoms with Crippen molar-refractivity contribution in [1.29, 1.82) is 0 Å². The number of rotatable bonds is 3. The lowest BCUT2D eigenvalue weighted by Crippen LogP contribution is -2.29. The molecule has 0 saturated heterocycles. The van der Waals surface area contributed by atoms with Crippen molar-refractivity contribution < 1.29 is 19.5 Å². The highest BCUT2D eigenvalue weighted by atomic mass is 16.5. The minimum atomic E-state index is -0.428. The number of benzene rings is 3. The molecule has 0 fully saturated rings. The van der Waals surface area contributed by atoms with E-state index in [0.717, 1.165) is 20.8 Å². The van der Waals surface area contributed by atoms with Crippen LogP contribution in [0.1, 0.15) is 26.3 Å². The second-order valence-electron chi connectivity index (χ2n) is 7.31. The van der Waals surface area contributed by atoms with Gasteiger partial charge in [-0.3, -0.25) is 9.59 Å². The Hall–Kier alpha value is -4.06. The first kappa shape index (κ1) is 18.0. The minimum absolute atomic E-state index is 0.263. The van der Waals surface area contributed by atoms with E-state index in [4.69, 9.17) is 4.74 Å². The summed E-state index contributed by atoms with van der Waals surface area (Å²) in [5.41, 5.74) is 4.05. The molecule has 3 aromatic carbocycles. The third-order valence-corrected chi connectivity index (χ3v) is 5.44. The largest absolute Gasteiger partial charge is 0.497 e. The molecule has 1 aliphatic rings. The highest BCUT2D eigenvalue weighted by molar-refractivity contribution is 6.35. The first-order valence-corrected chi connectivity index (χ1v) is 9.46. The van der Waals surface area contributed by atoms with Gasteiger partial charge in [0.05, 0.1) is 35.1 Å². The summed E-state index contributed by atoms with van der Waals surface area (Å²) in [6.07, 6.45) is 0. The maximum atomic E-state index is 13.0. The number of ether oxygens (including phenoxy) is 1. The molecule has 6 nitrogen and oxygen atoms in total.